The predicted molar refractivity (Wildman–Crippen MR) is 105 cm³/mol. The maximum absolute atomic E-state index is 12.3. The lowest BCUT2D eigenvalue weighted by Crippen LogP contribution is -2.32. The molecule has 5 nitrogen and oxygen atoms in total. The normalized spacial score (nSPS) is 16.1. The number of amides is 2. The smallest absolute Gasteiger partial charge is 0.251 e. The van der Waals surface area contributed by atoms with Gasteiger partial charge in [-0.05, 0) is 55.2 Å². The summed E-state index contributed by atoms with van der Waals surface area (Å²) in [6.07, 6.45) is 2.81. The molecular formula is C21H23ClN2O3. The van der Waals surface area contributed by atoms with Crippen molar-refractivity contribution < 1.29 is 14.3 Å². The summed E-state index contributed by atoms with van der Waals surface area (Å²) >= 11 is 5.87. The highest BCUT2D eigenvalue weighted by Crippen LogP contribution is 2.12. The fraction of sp³-hybridized carbons (Fsp3) is 0.333. The van der Waals surface area contributed by atoms with Gasteiger partial charge in [0.2, 0.25) is 0 Å². The van der Waals surface area contributed by atoms with Crippen molar-refractivity contribution in [3.05, 3.63) is 70.2 Å². The fourth-order valence-corrected chi connectivity index (χ4v) is 3.12. The largest absolute Gasteiger partial charge is 0.376 e. The second-order valence-corrected chi connectivity index (χ2v) is 6.99. The molecule has 2 aromatic rings. The lowest BCUT2D eigenvalue weighted by atomic mass is 10.1. The van der Waals surface area contributed by atoms with Gasteiger partial charge in [0.25, 0.3) is 11.8 Å². The van der Waals surface area contributed by atoms with Crippen LogP contribution in [-0.2, 0) is 11.2 Å². The quantitative estimate of drug-likeness (QED) is 0.767. The summed E-state index contributed by atoms with van der Waals surface area (Å²) in [6, 6.07) is 14.3. The molecule has 2 N–H and O–H groups in total. The summed E-state index contributed by atoms with van der Waals surface area (Å²) in [5.74, 6) is -0.390. The minimum Gasteiger partial charge on any atom is -0.376 e. The van der Waals surface area contributed by atoms with Crippen LogP contribution in [0.25, 0.3) is 0 Å². The second-order valence-electron chi connectivity index (χ2n) is 6.56. The van der Waals surface area contributed by atoms with Crippen molar-refractivity contribution in [3.8, 4) is 0 Å². The standard InChI is InChI=1S/C21H23ClN2O3/c22-18-8-6-15(7-9-18)10-11-23-20(25)16-3-1-4-17(13-16)21(26)24-14-19-5-2-12-27-19/h1,3-4,6-9,13,19H,2,5,10-12,14H2,(H,23,25)(H,24,26). The summed E-state index contributed by atoms with van der Waals surface area (Å²) < 4.78 is 5.50. The van der Waals surface area contributed by atoms with E-state index in [-0.39, 0.29) is 17.9 Å². The molecule has 1 aliphatic heterocycles. The van der Waals surface area contributed by atoms with Crippen molar-refractivity contribution in [2.75, 3.05) is 19.7 Å². The molecule has 0 radical (unpaired) electrons. The first-order chi connectivity index (χ1) is 13.1. The molecule has 0 aromatic heterocycles. The molecule has 1 fully saturated rings. The van der Waals surface area contributed by atoms with E-state index in [1.807, 2.05) is 24.3 Å². The summed E-state index contributed by atoms with van der Waals surface area (Å²) in [5.41, 5.74) is 2.04. The first-order valence-corrected chi connectivity index (χ1v) is 9.52. The van der Waals surface area contributed by atoms with Crippen LogP contribution in [0.2, 0.25) is 5.02 Å². The third kappa shape index (κ3) is 5.81. The van der Waals surface area contributed by atoms with E-state index in [0.717, 1.165) is 25.0 Å². The minimum atomic E-state index is -0.197. The molecule has 0 spiro atoms. The van der Waals surface area contributed by atoms with Crippen molar-refractivity contribution in [1.82, 2.24) is 10.6 Å². The van der Waals surface area contributed by atoms with Gasteiger partial charge in [0.15, 0.2) is 0 Å². The predicted octanol–water partition coefficient (Wildman–Crippen LogP) is 3.22. The monoisotopic (exact) mass is 386 g/mol. The number of nitrogens with one attached hydrogen (secondary N) is 2. The molecule has 1 heterocycles. The molecule has 6 heteroatoms. The SMILES string of the molecule is O=C(NCCc1ccc(Cl)cc1)c1cccc(C(=O)NCC2CCCO2)c1. The minimum absolute atomic E-state index is 0.0910. The van der Waals surface area contributed by atoms with E-state index in [0.29, 0.717) is 35.7 Å². The van der Waals surface area contributed by atoms with Crippen molar-refractivity contribution in [3.63, 3.8) is 0 Å². The Bertz CT molecular complexity index is 786. The molecule has 142 valence electrons. The van der Waals surface area contributed by atoms with Crippen molar-refractivity contribution in [2.24, 2.45) is 0 Å². The van der Waals surface area contributed by atoms with Crippen LogP contribution in [0, 0.1) is 0 Å². The number of rotatable bonds is 7. The maximum atomic E-state index is 12.3. The van der Waals surface area contributed by atoms with Gasteiger partial charge in [0.05, 0.1) is 6.10 Å². The summed E-state index contributed by atoms with van der Waals surface area (Å²) in [4.78, 5) is 24.6. The van der Waals surface area contributed by atoms with E-state index in [4.69, 9.17) is 16.3 Å². The van der Waals surface area contributed by atoms with Gasteiger partial charge < -0.3 is 15.4 Å². The third-order valence-electron chi connectivity index (χ3n) is 4.51. The van der Waals surface area contributed by atoms with E-state index in [1.165, 1.54) is 0 Å². The van der Waals surface area contributed by atoms with Gasteiger partial charge in [-0.3, -0.25) is 9.59 Å². The Morgan fingerprint density at radius 2 is 1.74 bits per heavy atom. The molecule has 1 aliphatic rings. The molecule has 0 aliphatic carbocycles. The summed E-state index contributed by atoms with van der Waals surface area (Å²) in [6.45, 7) is 1.76. The highest BCUT2D eigenvalue weighted by Gasteiger charge is 2.17. The molecule has 0 bridgehead atoms. The number of ether oxygens (including phenoxy) is 1. The van der Waals surface area contributed by atoms with E-state index in [2.05, 4.69) is 10.6 Å². The lowest BCUT2D eigenvalue weighted by molar-refractivity contribution is 0.0857. The van der Waals surface area contributed by atoms with Crippen molar-refractivity contribution in [1.29, 1.82) is 0 Å². The molecule has 0 saturated carbocycles. The average Bonchev–Trinajstić information content (AvgIpc) is 3.21. The Balaban J connectivity index is 1.50. The highest BCUT2D eigenvalue weighted by atomic mass is 35.5. The van der Waals surface area contributed by atoms with Gasteiger partial charge in [-0.2, -0.15) is 0 Å². The van der Waals surface area contributed by atoms with Crippen LogP contribution >= 0.6 is 11.6 Å². The molecule has 2 amide bonds. The zero-order chi connectivity index (χ0) is 19.1. The number of benzene rings is 2. The molecule has 1 atom stereocenters. The van der Waals surface area contributed by atoms with E-state index < -0.39 is 0 Å². The Morgan fingerprint density at radius 1 is 1.04 bits per heavy atom. The number of hydrogen-bond donors (Lipinski definition) is 2. The van der Waals surface area contributed by atoms with Crippen LogP contribution in [0.4, 0.5) is 0 Å². The third-order valence-corrected chi connectivity index (χ3v) is 4.77. The van der Waals surface area contributed by atoms with Gasteiger partial charge in [-0.25, -0.2) is 0 Å². The molecule has 1 saturated heterocycles. The van der Waals surface area contributed by atoms with Crippen LogP contribution in [-0.4, -0.2) is 37.6 Å². The summed E-state index contributed by atoms with van der Waals surface area (Å²) in [5, 5.41) is 6.44. The molecule has 3 rings (SSSR count). The number of carbonyl (C=O) groups excluding carboxylic acids is 2. The maximum Gasteiger partial charge on any atom is 0.251 e. The van der Waals surface area contributed by atoms with Crippen LogP contribution in [0.3, 0.4) is 0 Å². The topological polar surface area (TPSA) is 67.4 Å². The zero-order valence-electron chi connectivity index (χ0n) is 15.0. The van der Waals surface area contributed by atoms with Crippen LogP contribution < -0.4 is 10.6 Å². The second kappa shape index (κ2) is 9.53. The van der Waals surface area contributed by atoms with E-state index >= 15 is 0 Å². The van der Waals surface area contributed by atoms with E-state index in [1.54, 1.807) is 24.3 Å². The lowest BCUT2D eigenvalue weighted by Gasteiger charge is -2.11. The first kappa shape index (κ1) is 19.4. The number of halogens is 1. The van der Waals surface area contributed by atoms with Crippen molar-refractivity contribution in [2.45, 2.75) is 25.4 Å². The Morgan fingerprint density at radius 3 is 2.41 bits per heavy atom. The fourth-order valence-electron chi connectivity index (χ4n) is 2.99. The first-order valence-electron chi connectivity index (χ1n) is 9.14. The van der Waals surface area contributed by atoms with Gasteiger partial charge in [0, 0.05) is 35.8 Å². The van der Waals surface area contributed by atoms with Gasteiger partial charge in [0.1, 0.15) is 0 Å². The Labute approximate surface area is 164 Å². The number of hydrogen-bond acceptors (Lipinski definition) is 3. The number of carbonyl (C=O) groups is 2. The van der Waals surface area contributed by atoms with E-state index in [9.17, 15) is 9.59 Å². The Kier molecular flexibility index (Phi) is 6.85. The van der Waals surface area contributed by atoms with Gasteiger partial charge in [-0.15, -0.1) is 0 Å². The molecule has 27 heavy (non-hydrogen) atoms. The highest BCUT2D eigenvalue weighted by molar-refractivity contribution is 6.30. The van der Waals surface area contributed by atoms with Gasteiger partial charge in [-0.1, -0.05) is 29.8 Å². The molecular weight excluding hydrogens is 364 g/mol. The van der Waals surface area contributed by atoms with Crippen LogP contribution in [0.1, 0.15) is 39.1 Å². The van der Waals surface area contributed by atoms with Crippen molar-refractivity contribution >= 4 is 23.4 Å². The average molecular weight is 387 g/mol. The van der Waals surface area contributed by atoms with Gasteiger partial charge >= 0.3 is 0 Å². The van der Waals surface area contributed by atoms with Crippen LogP contribution in [0.15, 0.2) is 48.5 Å². The molecule has 2 aromatic carbocycles. The molecule has 1 unspecified atom stereocenters. The Hall–Kier alpha value is -2.37. The summed E-state index contributed by atoms with van der Waals surface area (Å²) in [7, 11) is 0. The zero-order valence-corrected chi connectivity index (χ0v) is 15.8. The van der Waals surface area contributed by atoms with Crippen LogP contribution in [0.5, 0.6) is 0 Å².